The number of benzene rings is 1. The molecule has 3 N–H and O–H groups in total. The fraction of sp³-hybridized carbons (Fsp3) is 0.455. The molecular weight excluding hydrogens is 213 g/mol. The van der Waals surface area contributed by atoms with Gasteiger partial charge in [-0.15, -0.1) is 0 Å². The standard InChI is InChI=1S/C11H16FNO3/c1-2-16-11-5-8(12)3-4-10(11)13-6-9(15)7-14/h3-5,9,13-15H,2,6-7H2,1H3. The highest BCUT2D eigenvalue weighted by Crippen LogP contribution is 2.25. The van der Waals surface area contributed by atoms with Crippen LogP contribution in [-0.2, 0) is 0 Å². The Morgan fingerprint density at radius 2 is 2.25 bits per heavy atom. The Balaban J connectivity index is 2.70. The smallest absolute Gasteiger partial charge is 0.145 e. The van der Waals surface area contributed by atoms with Gasteiger partial charge in [0.25, 0.3) is 0 Å². The van der Waals surface area contributed by atoms with Crippen molar-refractivity contribution in [2.24, 2.45) is 0 Å². The zero-order valence-corrected chi connectivity index (χ0v) is 9.11. The van der Waals surface area contributed by atoms with E-state index in [4.69, 9.17) is 14.9 Å². The van der Waals surface area contributed by atoms with Gasteiger partial charge in [0.05, 0.1) is 25.0 Å². The summed E-state index contributed by atoms with van der Waals surface area (Å²) in [5.74, 6) is 0.0179. The van der Waals surface area contributed by atoms with E-state index in [-0.39, 0.29) is 19.0 Å². The molecule has 5 heteroatoms. The van der Waals surface area contributed by atoms with Crippen LogP contribution in [0.15, 0.2) is 18.2 Å². The van der Waals surface area contributed by atoms with Gasteiger partial charge in [0.15, 0.2) is 0 Å². The molecule has 0 aliphatic carbocycles. The minimum absolute atomic E-state index is 0.183. The number of hydrogen-bond donors (Lipinski definition) is 3. The molecule has 0 saturated heterocycles. The SMILES string of the molecule is CCOc1cc(F)ccc1NCC(O)CO. The summed E-state index contributed by atoms with van der Waals surface area (Å²) in [6.45, 7) is 2.10. The highest BCUT2D eigenvalue weighted by molar-refractivity contribution is 5.56. The molecular formula is C11H16FNO3. The monoisotopic (exact) mass is 229 g/mol. The van der Waals surface area contributed by atoms with Crippen LogP contribution in [0.1, 0.15) is 6.92 Å². The summed E-state index contributed by atoms with van der Waals surface area (Å²) in [5.41, 5.74) is 0.593. The summed E-state index contributed by atoms with van der Waals surface area (Å²) in [6, 6.07) is 4.11. The number of anilines is 1. The molecule has 1 unspecified atom stereocenters. The van der Waals surface area contributed by atoms with Crippen molar-refractivity contribution in [2.45, 2.75) is 13.0 Å². The maximum absolute atomic E-state index is 12.9. The van der Waals surface area contributed by atoms with Crippen LogP contribution in [0.25, 0.3) is 0 Å². The molecule has 0 spiro atoms. The summed E-state index contributed by atoms with van der Waals surface area (Å²) in [4.78, 5) is 0. The average Bonchev–Trinajstić information content (AvgIpc) is 2.28. The van der Waals surface area contributed by atoms with E-state index in [1.807, 2.05) is 0 Å². The van der Waals surface area contributed by atoms with Crippen LogP contribution in [0.4, 0.5) is 10.1 Å². The van der Waals surface area contributed by atoms with Gasteiger partial charge in [0.1, 0.15) is 11.6 Å². The Hall–Kier alpha value is -1.33. The van der Waals surface area contributed by atoms with Crippen LogP contribution in [0.2, 0.25) is 0 Å². The molecule has 0 bridgehead atoms. The number of aliphatic hydroxyl groups excluding tert-OH is 2. The molecule has 16 heavy (non-hydrogen) atoms. The Morgan fingerprint density at radius 1 is 1.50 bits per heavy atom. The number of aliphatic hydroxyl groups is 2. The minimum atomic E-state index is -0.848. The molecule has 0 saturated carbocycles. The maximum Gasteiger partial charge on any atom is 0.145 e. The van der Waals surface area contributed by atoms with Crippen LogP contribution < -0.4 is 10.1 Å². The van der Waals surface area contributed by atoms with Crippen LogP contribution >= 0.6 is 0 Å². The van der Waals surface area contributed by atoms with Crippen molar-refractivity contribution in [3.63, 3.8) is 0 Å². The maximum atomic E-state index is 12.9. The van der Waals surface area contributed by atoms with Gasteiger partial charge >= 0.3 is 0 Å². The normalized spacial score (nSPS) is 12.2. The molecule has 90 valence electrons. The Kier molecular flexibility index (Phi) is 5.01. The number of hydrogen-bond acceptors (Lipinski definition) is 4. The third-order valence-electron chi connectivity index (χ3n) is 1.98. The summed E-state index contributed by atoms with van der Waals surface area (Å²) in [7, 11) is 0. The molecule has 1 aromatic carbocycles. The predicted octanol–water partition coefficient (Wildman–Crippen LogP) is 0.989. The lowest BCUT2D eigenvalue weighted by atomic mass is 10.2. The summed E-state index contributed by atoms with van der Waals surface area (Å²) >= 11 is 0. The first-order valence-electron chi connectivity index (χ1n) is 5.12. The first kappa shape index (κ1) is 12.7. The molecule has 1 aromatic rings. The van der Waals surface area contributed by atoms with Crippen molar-refractivity contribution in [1.29, 1.82) is 0 Å². The Morgan fingerprint density at radius 3 is 2.88 bits per heavy atom. The highest BCUT2D eigenvalue weighted by atomic mass is 19.1. The van der Waals surface area contributed by atoms with E-state index in [9.17, 15) is 4.39 Å². The number of ether oxygens (including phenoxy) is 1. The number of nitrogens with one attached hydrogen (secondary N) is 1. The molecule has 0 radical (unpaired) electrons. The second kappa shape index (κ2) is 6.30. The second-order valence-corrected chi connectivity index (χ2v) is 3.29. The van der Waals surface area contributed by atoms with Crippen molar-refractivity contribution >= 4 is 5.69 Å². The van der Waals surface area contributed by atoms with E-state index in [0.29, 0.717) is 18.0 Å². The number of rotatable bonds is 6. The van der Waals surface area contributed by atoms with E-state index in [1.165, 1.54) is 18.2 Å². The van der Waals surface area contributed by atoms with Crippen LogP contribution in [0.5, 0.6) is 5.75 Å². The fourth-order valence-electron chi connectivity index (χ4n) is 1.21. The molecule has 0 aliphatic heterocycles. The lowest BCUT2D eigenvalue weighted by Crippen LogP contribution is -2.23. The largest absolute Gasteiger partial charge is 0.492 e. The first-order valence-corrected chi connectivity index (χ1v) is 5.12. The van der Waals surface area contributed by atoms with Crippen molar-refractivity contribution in [3.8, 4) is 5.75 Å². The molecule has 1 atom stereocenters. The van der Waals surface area contributed by atoms with Crippen LogP contribution in [-0.4, -0.2) is 36.1 Å². The van der Waals surface area contributed by atoms with E-state index in [2.05, 4.69) is 5.32 Å². The van der Waals surface area contributed by atoms with E-state index in [0.717, 1.165) is 0 Å². The molecule has 0 aromatic heterocycles. The van der Waals surface area contributed by atoms with Crippen molar-refractivity contribution in [1.82, 2.24) is 0 Å². The topological polar surface area (TPSA) is 61.7 Å². The quantitative estimate of drug-likeness (QED) is 0.680. The van der Waals surface area contributed by atoms with Gasteiger partial charge in [-0.1, -0.05) is 0 Å². The van der Waals surface area contributed by atoms with Gasteiger partial charge in [-0.2, -0.15) is 0 Å². The molecule has 0 aliphatic rings. The van der Waals surface area contributed by atoms with Crippen LogP contribution in [0, 0.1) is 5.82 Å². The number of halogens is 1. The zero-order valence-electron chi connectivity index (χ0n) is 9.11. The molecule has 4 nitrogen and oxygen atoms in total. The second-order valence-electron chi connectivity index (χ2n) is 3.29. The first-order chi connectivity index (χ1) is 7.67. The molecule has 0 heterocycles. The van der Waals surface area contributed by atoms with Gasteiger partial charge in [0.2, 0.25) is 0 Å². The van der Waals surface area contributed by atoms with Gasteiger partial charge in [-0.3, -0.25) is 0 Å². The summed E-state index contributed by atoms with van der Waals surface area (Å²) < 4.78 is 18.2. The van der Waals surface area contributed by atoms with Gasteiger partial charge in [-0.25, -0.2) is 4.39 Å². The summed E-state index contributed by atoms with van der Waals surface area (Å²) in [6.07, 6.45) is -0.848. The van der Waals surface area contributed by atoms with E-state index < -0.39 is 6.10 Å². The lowest BCUT2D eigenvalue weighted by Gasteiger charge is -2.14. The summed E-state index contributed by atoms with van der Waals surface area (Å²) in [5, 5.41) is 20.7. The Labute approximate surface area is 93.7 Å². The third-order valence-corrected chi connectivity index (χ3v) is 1.98. The van der Waals surface area contributed by atoms with E-state index >= 15 is 0 Å². The van der Waals surface area contributed by atoms with Gasteiger partial charge < -0.3 is 20.3 Å². The van der Waals surface area contributed by atoms with Crippen LogP contribution in [0.3, 0.4) is 0 Å². The lowest BCUT2D eigenvalue weighted by molar-refractivity contribution is 0.105. The molecule has 0 fully saturated rings. The third kappa shape index (κ3) is 3.67. The van der Waals surface area contributed by atoms with Crippen molar-refractivity contribution in [3.05, 3.63) is 24.0 Å². The van der Waals surface area contributed by atoms with Crippen molar-refractivity contribution in [2.75, 3.05) is 25.1 Å². The molecule has 0 amide bonds. The zero-order chi connectivity index (χ0) is 12.0. The highest BCUT2D eigenvalue weighted by Gasteiger charge is 2.07. The van der Waals surface area contributed by atoms with Gasteiger partial charge in [0, 0.05) is 12.6 Å². The van der Waals surface area contributed by atoms with E-state index in [1.54, 1.807) is 6.92 Å². The van der Waals surface area contributed by atoms with Crippen molar-refractivity contribution < 1.29 is 19.3 Å². The minimum Gasteiger partial charge on any atom is -0.492 e. The average molecular weight is 229 g/mol. The molecule has 1 rings (SSSR count). The Bertz CT molecular complexity index is 333. The predicted molar refractivity (Wildman–Crippen MR) is 59.2 cm³/mol. The fourth-order valence-corrected chi connectivity index (χ4v) is 1.21. The van der Waals surface area contributed by atoms with Gasteiger partial charge in [-0.05, 0) is 19.1 Å².